The van der Waals surface area contributed by atoms with Crippen molar-refractivity contribution in [3.05, 3.63) is 58.9 Å². The van der Waals surface area contributed by atoms with Gasteiger partial charge in [0.2, 0.25) is 0 Å². The van der Waals surface area contributed by atoms with E-state index in [0.29, 0.717) is 5.02 Å². The third-order valence-electron chi connectivity index (χ3n) is 4.76. The van der Waals surface area contributed by atoms with Crippen LogP contribution >= 0.6 is 11.6 Å². The van der Waals surface area contributed by atoms with E-state index in [1.807, 2.05) is 52.0 Å². The fourth-order valence-corrected chi connectivity index (χ4v) is 2.72. The summed E-state index contributed by atoms with van der Waals surface area (Å²) in [6, 6.07) is 12.1. The molecule has 1 aliphatic heterocycles. The predicted octanol–water partition coefficient (Wildman–Crippen LogP) is 4.36. The Bertz CT molecular complexity index is 763. The standard InChI is InChI=1S/C19H21BClFO3/c1-18(2)19(3,4)25-20(24-18)14-7-5-6-13(10-14)12-23-17-9-8-15(21)11-16(17)22/h5-11H,12H2,1-4H3. The highest BCUT2D eigenvalue weighted by Crippen LogP contribution is 2.36. The fraction of sp³-hybridized carbons (Fsp3) is 0.368. The summed E-state index contributed by atoms with van der Waals surface area (Å²) < 4.78 is 31.5. The maximum atomic E-state index is 13.8. The van der Waals surface area contributed by atoms with Crippen molar-refractivity contribution in [1.82, 2.24) is 0 Å². The van der Waals surface area contributed by atoms with Crippen LogP contribution in [0.3, 0.4) is 0 Å². The molecule has 0 N–H and O–H groups in total. The molecular weight excluding hydrogens is 341 g/mol. The van der Waals surface area contributed by atoms with Crippen LogP contribution in [0.15, 0.2) is 42.5 Å². The molecule has 1 fully saturated rings. The Labute approximate surface area is 153 Å². The van der Waals surface area contributed by atoms with Crippen molar-refractivity contribution < 1.29 is 18.4 Å². The van der Waals surface area contributed by atoms with E-state index in [1.165, 1.54) is 12.1 Å². The van der Waals surface area contributed by atoms with Gasteiger partial charge in [-0.1, -0.05) is 35.9 Å². The van der Waals surface area contributed by atoms with E-state index in [-0.39, 0.29) is 12.4 Å². The van der Waals surface area contributed by atoms with Gasteiger partial charge >= 0.3 is 7.12 Å². The molecule has 25 heavy (non-hydrogen) atoms. The molecule has 1 saturated heterocycles. The maximum Gasteiger partial charge on any atom is 0.494 e. The Morgan fingerprint density at radius 1 is 1.04 bits per heavy atom. The first-order valence-electron chi connectivity index (χ1n) is 8.20. The van der Waals surface area contributed by atoms with Gasteiger partial charge in [0, 0.05) is 5.02 Å². The van der Waals surface area contributed by atoms with Gasteiger partial charge < -0.3 is 14.0 Å². The molecule has 0 aromatic heterocycles. The van der Waals surface area contributed by atoms with Gasteiger partial charge in [-0.2, -0.15) is 0 Å². The molecule has 0 saturated carbocycles. The lowest BCUT2D eigenvalue weighted by Crippen LogP contribution is -2.41. The Hall–Kier alpha value is -1.56. The molecule has 132 valence electrons. The molecule has 0 atom stereocenters. The molecule has 0 aliphatic carbocycles. The molecule has 0 unspecified atom stereocenters. The smallest absolute Gasteiger partial charge is 0.486 e. The van der Waals surface area contributed by atoms with E-state index in [0.717, 1.165) is 11.0 Å². The van der Waals surface area contributed by atoms with Crippen LogP contribution in [0.2, 0.25) is 5.02 Å². The molecule has 1 heterocycles. The van der Waals surface area contributed by atoms with Crippen LogP contribution in [0, 0.1) is 5.82 Å². The van der Waals surface area contributed by atoms with Gasteiger partial charge in [-0.15, -0.1) is 0 Å². The first-order valence-corrected chi connectivity index (χ1v) is 8.58. The van der Waals surface area contributed by atoms with Crippen LogP contribution in [-0.2, 0) is 15.9 Å². The topological polar surface area (TPSA) is 27.7 Å². The van der Waals surface area contributed by atoms with E-state index < -0.39 is 24.1 Å². The normalized spacial score (nSPS) is 18.4. The Kier molecular flexibility index (Phi) is 4.84. The number of hydrogen-bond acceptors (Lipinski definition) is 3. The molecular formula is C19H21BClFO3. The van der Waals surface area contributed by atoms with Crippen LogP contribution in [0.5, 0.6) is 5.75 Å². The van der Waals surface area contributed by atoms with E-state index in [1.54, 1.807) is 6.07 Å². The Morgan fingerprint density at radius 3 is 2.36 bits per heavy atom. The average molecular weight is 363 g/mol. The molecule has 3 rings (SSSR count). The van der Waals surface area contributed by atoms with Crippen LogP contribution in [-0.4, -0.2) is 18.3 Å². The number of halogens is 2. The molecule has 2 aromatic rings. The van der Waals surface area contributed by atoms with Gasteiger partial charge in [-0.3, -0.25) is 0 Å². The summed E-state index contributed by atoms with van der Waals surface area (Å²) in [5, 5.41) is 0.340. The van der Waals surface area contributed by atoms with Gasteiger partial charge in [-0.05, 0) is 56.9 Å². The largest absolute Gasteiger partial charge is 0.494 e. The van der Waals surface area contributed by atoms with Gasteiger partial charge in [0.25, 0.3) is 0 Å². The first kappa shape index (κ1) is 18.2. The number of rotatable bonds is 4. The van der Waals surface area contributed by atoms with Crippen molar-refractivity contribution >= 4 is 24.2 Å². The maximum absolute atomic E-state index is 13.8. The van der Waals surface area contributed by atoms with Crippen molar-refractivity contribution in [3.8, 4) is 5.75 Å². The summed E-state index contributed by atoms with van der Waals surface area (Å²) >= 11 is 5.75. The van der Waals surface area contributed by atoms with E-state index in [9.17, 15) is 4.39 Å². The van der Waals surface area contributed by atoms with Crippen LogP contribution < -0.4 is 10.2 Å². The first-order chi connectivity index (χ1) is 11.7. The number of benzene rings is 2. The van der Waals surface area contributed by atoms with Gasteiger partial charge in [0.05, 0.1) is 11.2 Å². The second kappa shape index (κ2) is 6.63. The Balaban J connectivity index is 1.72. The minimum absolute atomic E-state index is 0.172. The SMILES string of the molecule is CC1(C)OB(c2cccc(COc3ccc(Cl)cc3F)c2)OC1(C)C. The van der Waals surface area contributed by atoms with Crippen molar-refractivity contribution in [3.63, 3.8) is 0 Å². The lowest BCUT2D eigenvalue weighted by atomic mass is 9.78. The molecule has 3 nitrogen and oxygen atoms in total. The van der Waals surface area contributed by atoms with Crippen molar-refractivity contribution in [2.45, 2.75) is 45.5 Å². The second-order valence-corrected chi connectivity index (χ2v) is 7.63. The van der Waals surface area contributed by atoms with Crippen LogP contribution in [0.25, 0.3) is 0 Å². The van der Waals surface area contributed by atoms with E-state index in [2.05, 4.69) is 0 Å². The Morgan fingerprint density at radius 2 is 1.72 bits per heavy atom. The number of hydrogen-bond donors (Lipinski definition) is 0. The van der Waals surface area contributed by atoms with Gasteiger partial charge in [-0.25, -0.2) is 4.39 Å². The summed E-state index contributed by atoms with van der Waals surface area (Å²) in [5.41, 5.74) is 1.03. The quantitative estimate of drug-likeness (QED) is 0.757. The minimum Gasteiger partial charge on any atom is -0.486 e. The summed E-state index contributed by atoms with van der Waals surface area (Å²) in [5.74, 6) is -0.306. The number of ether oxygens (including phenoxy) is 1. The molecule has 0 radical (unpaired) electrons. The molecule has 0 spiro atoms. The molecule has 6 heteroatoms. The average Bonchev–Trinajstić information content (AvgIpc) is 2.75. The van der Waals surface area contributed by atoms with Crippen molar-refractivity contribution in [1.29, 1.82) is 0 Å². The lowest BCUT2D eigenvalue weighted by Gasteiger charge is -2.32. The van der Waals surface area contributed by atoms with Gasteiger partial charge in [0.1, 0.15) is 6.61 Å². The highest BCUT2D eigenvalue weighted by atomic mass is 35.5. The van der Waals surface area contributed by atoms with Crippen LogP contribution in [0.1, 0.15) is 33.3 Å². The third-order valence-corrected chi connectivity index (χ3v) is 5.00. The molecule has 0 bridgehead atoms. The molecule has 2 aromatic carbocycles. The molecule has 1 aliphatic rings. The zero-order valence-corrected chi connectivity index (χ0v) is 15.6. The van der Waals surface area contributed by atoms with Crippen molar-refractivity contribution in [2.24, 2.45) is 0 Å². The van der Waals surface area contributed by atoms with Gasteiger partial charge in [0.15, 0.2) is 11.6 Å². The second-order valence-electron chi connectivity index (χ2n) is 7.20. The molecule has 0 amide bonds. The lowest BCUT2D eigenvalue weighted by molar-refractivity contribution is 0.00578. The fourth-order valence-electron chi connectivity index (χ4n) is 2.56. The van der Waals surface area contributed by atoms with Crippen molar-refractivity contribution in [2.75, 3.05) is 0 Å². The zero-order chi connectivity index (χ0) is 18.2. The monoisotopic (exact) mass is 362 g/mol. The summed E-state index contributed by atoms with van der Waals surface area (Å²) in [4.78, 5) is 0. The zero-order valence-electron chi connectivity index (χ0n) is 14.8. The summed E-state index contributed by atoms with van der Waals surface area (Å²) in [6.45, 7) is 8.31. The minimum atomic E-state index is -0.477. The highest BCUT2D eigenvalue weighted by Gasteiger charge is 2.51. The van der Waals surface area contributed by atoms with E-state index in [4.69, 9.17) is 25.6 Å². The summed E-state index contributed by atoms with van der Waals surface area (Å²) in [7, 11) is -0.433. The third kappa shape index (κ3) is 3.84. The summed E-state index contributed by atoms with van der Waals surface area (Å²) in [6.07, 6.45) is 0. The van der Waals surface area contributed by atoms with E-state index >= 15 is 0 Å². The van der Waals surface area contributed by atoms with Crippen LogP contribution in [0.4, 0.5) is 4.39 Å². The predicted molar refractivity (Wildman–Crippen MR) is 97.9 cm³/mol. The highest BCUT2D eigenvalue weighted by molar-refractivity contribution is 6.62.